The summed E-state index contributed by atoms with van der Waals surface area (Å²) in [5.74, 6) is 0.424. The van der Waals surface area contributed by atoms with Crippen molar-refractivity contribution in [3.05, 3.63) is 35.4 Å². The molecule has 1 N–H and O–H groups in total. The molecule has 2 aliphatic rings. The minimum atomic E-state index is 0. The van der Waals surface area contributed by atoms with E-state index in [2.05, 4.69) is 37.4 Å². The number of nitrogens with one attached hydrogen (secondary N) is 1. The van der Waals surface area contributed by atoms with E-state index in [1.165, 1.54) is 11.1 Å². The molecule has 1 aliphatic heterocycles. The summed E-state index contributed by atoms with van der Waals surface area (Å²) in [6, 6.07) is 9.09. The predicted molar refractivity (Wildman–Crippen MR) is 78.8 cm³/mol. The van der Waals surface area contributed by atoms with Gasteiger partial charge in [-0.25, -0.2) is 0 Å². The maximum atomic E-state index is 12.5. The highest BCUT2D eigenvalue weighted by Gasteiger charge is 2.36. The molecule has 19 heavy (non-hydrogen) atoms. The molecule has 0 radical (unpaired) electrons. The van der Waals surface area contributed by atoms with Crippen LogP contribution >= 0.6 is 12.4 Å². The van der Waals surface area contributed by atoms with Gasteiger partial charge in [-0.15, -0.1) is 12.4 Å². The lowest BCUT2D eigenvalue weighted by atomic mass is 9.76. The summed E-state index contributed by atoms with van der Waals surface area (Å²) in [6.07, 6.45) is 0.918. The predicted octanol–water partition coefficient (Wildman–Crippen LogP) is 1.96. The first-order chi connectivity index (χ1) is 8.65. The average molecular weight is 281 g/mol. The molecular weight excluding hydrogens is 260 g/mol. The zero-order chi connectivity index (χ0) is 12.7. The molecule has 3 nitrogen and oxygen atoms in total. The van der Waals surface area contributed by atoms with Crippen molar-refractivity contribution in [2.24, 2.45) is 0 Å². The van der Waals surface area contributed by atoms with Gasteiger partial charge in [-0.05, 0) is 31.4 Å². The molecule has 0 saturated carbocycles. The van der Waals surface area contributed by atoms with E-state index < -0.39 is 0 Å². The number of hydrogen-bond donors (Lipinski definition) is 1. The zero-order valence-corrected chi connectivity index (χ0v) is 12.2. The van der Waals surface area contributed by atoms with Crippen LogP contribution in [0.25, 0.3) is 0 Å². The fourth-order valence-corrected chi connectivity index (χ4v) is 3.21. The van der Waals surface area contributed by atoms with Gasteiger partial charge in [0.1, 0.15) is 0 Å². The number of fused-ring (bicyclic) bond motifs is 1. The number of carbonyl (C=O) groups is 1. The van der Waals surface area contributed by atoms with Crippen molar-refractivity contribution in [3.63, 3.8) is 0 Å². The summed E-state index contributed by atoms with van der Waals surface area (Å²) in [5, 5.41) is 3.46. The molecule has 1 aliphatic carbocycles. The average Bonchev–Trinajstić information content (AvgIpc) is 2.29. The summed E-state index contributed by atoms with van der Waals surface area (Å²) in [5.41, 5.74) is 2.58. The number of carbonyl (C=O) groups excluding carboxylic acids is 1. The zero-order valence-electron chi connectivity index (χ0n) is 11.4. The van der Waals surface area contributed by atoms with Crippen molar-refractivity contribution in [2.75, 3.05) is 13.1 Å². The van der Waals surface area contributed by atoms with Crippen molar-refractivity contribution in [1.29, 1.82) is 0 Å². The van der Waals surface area contributed by atoms with Crippen molar-refractivity contribution >= 4 is 18.3 Å². The molecular formula is C15H21ClN2O. The van der Waals surface area contributed by atoms with Crippen LogP contribution in [0.15, 0.2) is 24.3 Å². The molecule has 0 spiro atoms. The number of amides is 1. The Kier molecular flexibility index (Phi) is 4.16. The fourth-order valence-electron chi connectivity index (χ4n) is 3.21. The van der Waals surface area contributed by atoms with Crippen LogP contribution in [0.4, 0.5) is 0 Å². The summed E-state index contributed by atoms with van der Waals surface area (Å²) in [7, 11) is 0. The fraction of sp³-hybridized carbons (Fsp3) is 0.533. The van der Waals surface area contributed by atoms with Gasteiger partial charge in [0, 0.05) is 25.2 Å². The molecule has 3 unspecified atom stereocenters. The topological polar surface area (TPSA) is 32.3 Å². The molecule has 1 aromatic carbocycles. The van der Waals surface area contributed by atoms with E-state index in [1.54, 1.807) is 0 Å². The minimum absolute atomic E-state index is 0. The smallest absolute Gasteiger partial charge is 0.230 e. The monoisotopic (exact) mass is 280 g/mol. The van der Waals surface area contributed by atoms with E-state index in [0.717, 1.165) is 19.5 Å². The molecule has 0 aromatic heterocycles. The summed E-state index contributed by atoms with van der Waals surface area (Å²) in [4.78, 5) is 14.6. The van der Waals surface area contributed by atoms with Crippen LogP contribution in [0.3, 0.4) is 0 Å². The minimum Gasteiger partial charge on any atom is -0.339 e. The number of nitrogens with zero attached hydrogens (tertiary/aromatic N) is 1. The van der Waals surface area contributed by atoms with Gasteiger partial charge in [0.05, 0.1) is 5.92 Å². The second-order valence-electron chi connectivity index (χ2n) is 5.67. The second-order valence-corrected chi connectivity index (χ2v) is 5.67. The number of benzene rings is 1. The standard InChI is InChI=1S/C15H20N2O.ClH/c1-10-8-17(9-11(2)16-10)15(18)14-7-12-5-3-4-6-13(12)14;/h3-6,10-11,14,16H,7-9H2,1-2H3;1H. The van der Waals surface area contributed by atoms with Gasteiger partial charge >= 0.3 is 0 Å². The van der Waals surface area contributed by atoms with Gasteiger partial charge in [0.25, 0.3) is 0 Å². The lowest BCUT2D eigenvalue weighted by molar-refractivity contribution is -0.135. The molecule has 0 bridgehead atoms. The summed E-state index contributed by atoms with van der Waals surface area (Å²) in [6.45, 7) is 5.96. The molecule has 1 fully saturated rings. The Balaban J connectivity index is 0.00000133. The largest absolute Gasteiger partial charge is 0.339 e. The third kappa shape index (κ3) is 2.63. The van der Waals surface area contributed by atoms with E-state index in [1.807, 2.05) is 11.0 Å². The third-order valence-corrected chi connectivity index (χ3v) is 4.02. The maximum Gasteiger partial charge on any atom is 0.230 e. The van der Waals surface area contributed by atoms with Crippen molar-refractivity contribution in [3.8, 4) is 0 Å². The number of piperazine rings is 1. The Morgan fingerprint density at radius 3 is 2.47 bits per heavy atom. The third-order valence-electron chi connectivity index (χ3n) is 4.02. The molecule has 1 aromatic rings. The maximum absolute atomic E-state index is 12.5. The second kappa shape index (κ2) is 5.51. The number of hydrogen-bond acceptors (Lipinski definition) is 2. The van der Waals surface area contributed by atoms with Crippen molar-refractivity contribution in [1.82, 2.24) is 10.2 Å². The van der Waals surface area contributed by atoms with Gasteiger partial charge < -0.3 is 10.2 Å². The highest BCUT2D eigenvalue weighted by Crippen LogP contribution is 2.36. The Hall–Kier alpha value is -1.06. The van der Waals surface area contributed by atoms with Crippen LogP contribution in [0.2, 0.25) is 0 Å². The van der Waals surface area contributed by atoms with Gasteiger partial charge in [-0.1, -0.05) is 24.3 Å². The van der Waals surface area contributed by atoms with Gasteiger partial charge in [-0.2, -0.15) is 0 Å². The normalized spacial score (nSPS) is 28.9. The summed E-state index contributed by atoms with van der Waals surface area (Å²) < 4.78 is 0. The Morgan fingerprint density at radius 2 is 1.84 bits per heavy atom. The highest BCUT2D eigenvalue weighted by atomic mass is 35.5. The van der Waals surface area contributed by atoms with Crippen molar-refractivity contribution in [2.45, 2.75) is 38.3 Å². The van der Waals surface area contributed by atoms with Gasteiger partial charge in [0.15, 0.2) is 0 Å². The van der Waals surface area contributed by atoms with E-state index in [4.69, 9.17) is 0 Å². The van der Waals surface area contributed by atoms with Crippen LogP contribution < -0.4 is 5.32 Å². The molecule has 4 heteroatoms. The van der Waals surface area contributed by atoms with Crippen LogP contribution in [-0.4, -0.2) is 36.0 Å². The van der Waals surface area contributed by atoms with E-state index in [9.17, 15) is 4.79 Å². The SMILES string of the molecule is CC1CN(C(=O)C2Cc3ccccc32)CC(C)N1.Cl. The Labute approximate surface area is 120 Å². The first kappa shape index (κ1) is 14.4. The van der Waals surface area contributed by atoms with E-state index in [0.29, 0.717) is 18.0 Å². The Morgan fingerprint density at radius 1 is 1.21 bits per heavy atom. The van der Waals surface area contributed by atoms with Gasteiger partial charge in [0.2, 0.25) is 5.91 Å². The Bertz CT molecular complexity index is 467. The first-order valence-electron chi connectivity index (χ1n) is 6.78. The number of rotatable bonds is 1. The molecule has 104 valence electrons. The van der Waals surface area contributed by atoms with Crippen LogP contribution in [0.5, 0.6) is 0 Å². The molecule has 1 amide bonds. The van der Waals surface area contributed by atoms with Crippen LogP contribution in [0, 0.1) is 0 Å². The molecule has 1 heterocycles. The molecule has 1 saturated heterocycles. The summed E-state index contributed by atoms with van der Waals surface area (Å²) >= 11 is 0. The highest BCUT2D eigenvalue weighted by molar-refractivity contribution is 5.87. The lowest BCUT2D eigenvalue weighted by Gasteiger charge is -2.40. The molecule has 3 atom stereocenters. The van der Waals surface area contributed by atoms with Crippen LogP contribution in [-0.2, 0) is 11.2 Å². The lowest BCUT2D eigenvalue weighted by Crippen LogP contribution is -2.57. The number of halogens is 1. The van der Waals surface area contributed by atoms with Gasteiger partial charge in [-0.3, -0.25) is 4.79 Å². The quantitative estimate of drug-likeness (QED) is 0.853. The van der Waals surface area contributed by atoms with Crippen molar-refractivity contribution < 1.29 is 4.79 Å². The first-order valence-corrected chi connectivity index (χ1v) is 6.78. The van der Waals surface area contributed by atoms with E-state index in [-0.39, 0.29) is 18.3 Å². The van der Waals surface area contributed by atoms with E-state index >= 15 is 0 Å². The molecule has 3 rings (SSSR count). The van der Waals surface area contributed by atoms with Crippen LogP contribution in [0.1, 0.15) is 30.9 Å².